The molecule has 35 heavy (non-hydrogen) atoms. The van der Waals surface area contributed by atoms with Crippen molar-refractivity contribution in [3.05, 3.63) is 59.2 Å². The normalized spacial score (nSPS) is 18.5. The molecule has 4 rings (SSSR count). The highest BCUT2D eigenvalue weighted by molar-refractivity contribution is 5.89. The summed E-state index contributed by atoms with van der Waals surface area (Å²) in [4.78, 5) is 29.8. The molecule has 0 bridgehead atoms. The average molecular weight is 480 g/mol. The SMILES string of the molecule is COc1ccc(CCN2CC(C(=O)NCc3ccccc3CN3CCCCC3)CC2=O)cc1OC. The van der Waals surface area contributed by atoms with Crippen molar-refractivity contribution < 1.29 is 19.1 Å². The Labute approximate surface area is 208 Å². The third-order valence-corrected chi connectivity index (χ3v) is 7.12. The Kier molecular flexibility index (Phi) is 8.64. The van der Waals surface area contributed by atoms with Crippen LogP contribution in [0.15, 0.2) is 42.5 Å². The molecule has 2 aromatic rings. The van der Waals surface area contributed by atoms with Gasteiger partial charge < -0.3 is 19.7 Å². The molecule has 0 aromatic heterocycles. The Morgan fingerprint density at radius 2 is 1.74 bits per heavy atom. The predicted octanol–water partition coefficient (Wildman–Crippen LogP) is 3.40. The van der Waals surface area contributed by atoms with E-state index in [0.717, 1.165) is 30.8 Å². The zero-order valence-corrected chi connectivity index (χ0v) is 20.9. The molecule has 2 fully saturated rings. The number of hydrogen-bond acceptors (Lipinski definition) is 5. The molecule has 0 spiro atoms. The average Bonchev–Trinajstić information content (AvgIpc) is 3.27. The molecule has 188 valence electrons. The lowest BCUT2D eigenvalue weighted by Gasteiger charge is -2.27. The first-order valence-corrected chi connectivity index (χ1v) is 12.6. The summed E-state index contributed by atoms with van der Waals surface area (Å²) in [6, 6.07) is 14.1. The number of nitrogens with zero attached hydrogens (tertiary/aromatic N) is 2. The maximum absolute atomic E-state index is 12.9. The quantitative estimate of drug-likeness (QED) is 0.566. The molecule has 2 aliphatic rings. The van der Waals surface area contributed by atoms with Crippen LogP contribution in [0, 0.1) is 5.92 Å². The Hall–Kier alpha value is -3.06. The molecule has 0 radical (unpaired) electrons. The molecular weight excluding hydrogens is 442 g/mol. The molecule has 2 aromatic carbocycles. The number of carbonyl (C=O) groups excluding carboxylic acids is 2. The lowest BCUT2D eigenvalue weighted by Crippen LogP contribution is -2.34. The van der Waals surface area contributed by atoms with Crippen LogP contribution < -0.4 is 14.8 Å². The van der Waals surface area contributed by atoms with E-state index in [-0.39, 0.29) is 24.2 Å². The number of carbonyl (C=O) groups is 2. The monoisotopic (exact) mass is 479 g/mol. The van der Waals surface area contributed by atoms with Gasteiger partial charge in [0.25, 0.3) is 0 Å². The van der Waals surface area contributed by atoms with Crippen molar-refractivity contribution in [2.24, 2.45) is 5.92 Å². The second-order valence-corrected chi connectivity index (χ2v) is 9.50. The lowest BCUT2D eigenvalue weighted by molar-refractivity contribution is -0.129. The van der Waals surface area contributed by atoms with Gasteiger partial charge in [0.2, 0.25) is 11.8 Å². The van der Waals surface area contributed by atoms with Gasteiger partial charge in [-0.1, -0.05) is 36.8 Å². The Morgan fingerprint density at radius 3 is 2.49 bits per heavy atom. The van der Waals surface area contributed by atoms with Crippen LogP contribution in [0.4, 0.5) is 0 Å². The maximum atomic E-state index is 12.9. The van der Waals surface area contributed by atoms with Crippen LogP contribution in [0.5, 0.6) is 11.5 Å². The smallest absolute Gasteiger partial charge is 0.225 e. The molecule has 0 aliphatic carbocycles. The second-order valence-electron chi connectivity index (χ2n) is 9.50. The summed E-state index contributed by atoms with van der Waals surface area (Å²) < 4.78 is 10.7. The predicted molar refractivity (Wildman–Crippen MR) is 135 cm³/mol. The van der Waals surface area contributed by atoms with Crippen LogP contribution in [0.1, 0.15) is 42.4 Å². The molecule has 1 unspecified atom stereocenters. The van der Waals surface area contributed by atoms with Crippen molar-refractivity contribution in [3.63, 3.8) is 0 Å². The van der Waals surface area contributed by atoms with E-state index in [1.807, 2.05) is 24.3 Å². The molecule has 2 heterocycles. The Bertz CT molecular complexity index is 1020. The highest BCUT2D eigenvalue weighted by Gasteiger charge is 2.34. The summed E-state index contributed by atoms with van der Waals surface area (Å²) in [6.45, 7) is 4.76. The van der Waals surface area contributed by atoms with E-state index >= 15 is 0 Å². The second kappa shape index (κ2) is 12.1. The molecule has 2 amide bonds. The number of methoxy groups -OCH3 is 2. The van der Waals surface area contributed by atoms with Crippen LogP contribution in [0.3, 0.4) is 0 Å². The molecule has 2 saturated heterocycles. The van der Waals surface area contributed by atoms with Gasteiger partial charge in [0.05, 0.1) is 20.1 Å². The highest BCUT2D eigenvalue weighted by atomic mass is 16.5. The minimum Gasteiger partial charge on any atom is -0.493 e. The zero-order chi connectivity index (χ0) is 24.6. The van der Waals surface area contributed by atoms with Gasteiger partial charge in [-0.2, -0.15) is 0 Å². The first-order chi connectivity index (χ1) is 17.1. The maximum Gasteiger partial charge on any atom is 0.225 e. The van der Waals surface area contributed by atoms with Crippen LogP contribution >= 0.6 is 0 Å². The van der Waals surface area contributed by atoms with Gasteiger partial charge in [0.1, 0.15) is 0 Å². The van der Waals surface area contributed by atoms with E-state index in [9.17, 15) is 9.59 Å². The first kappa shape index (κ1) is 25.0. The minimum absolute atomic E-state index is 0.0381. The van der Waals surface area contributed by atoms with E-state index < -0.39 is 0 Å². The molecule has 1 N–H and O–H groups in total. The topological polar surface area (TPSA) is 71.1 Å². The summed E-state index contributed by atoms with van der Waals surface area (Å²) in [5.74, 6) is 1.05. The number of ether oxygens (including phenoxy) is 2. The zero-order valence-electron chi connectivity index (χ0n) is 20.9. The number of likely N-dealkylation sites (tertiary alicyclic amines) is 2. The largest absolute Gasteiger partial charge is 0.493 e. The third kappa shape index (κ3) is 6.54. The first-order valence-electron chi connectivity index (χ1n) is 12.6. The number of piperidine rings is 1. The van der Waals surface area contributed by atoms with Crippen molar-refractivity contribution >= 4 is 11.8 Å². The number of rotatable bonds is 10. The van der Waals surface area contributed by atoms with Crippen LogP contribution in [0.2, 0.25) is 0 Å². The Balaban J connectivity index is 1.28. The molecule has 0 saturated carbocycles. The number of nitrogens with one attached hydrogen (secondary N) is 1. The van der Waals surface area contributed by atoms with E-state index in [1.165, 1.54) is 24.8 Å². The fraction of sp³-hybridized carbons (Fsp3) is 0.500. The number of amides is 2. The van der Waals surface area contributed by atoms with Crippen molar-refractivity contribution in [3.8, 4) is 11.5 Å². The van der Waals surface area contributed by atoms with Crippen molar-refractivity contribution in [2.45, 2.75) is 45.2 Å². The molecule has 7 heteroatoms. The standard InChI is InChI=1S/C28H37N3O4/c1-34-25-11-10-21(16-26(25)35-2)12-15-31-20-24(17-27(31)32)28(33)29-18-22-8-4-5-9-23(22)19-30-13-6-3-7-14-30/h4-5,8-11,16,24H,3,6-7,12-15,17-20H2,1-2H3,(H,29,33). The van der Waals surface area contributed by atoms with Crippen molar-refractivity contribution in [1.29, 1.82) is 0 Å². The minimum atomic E-state index is -0.304. The van der Waals surface area contributed by atoms with Gasteiger partial charge in [-0.05, 0) is 61.2 Å². The van der Waals surface area contributed by atoms with Crippen LogP contribution in [-0.2, 0) is 29.1 Å². The van der Waals surface area contributed by atoms with E-state index in [1.54, 1.807) is 19.1 Å². The fourth-order valence-corrected chi connectivity index (χ4v) is 5.03. The molecule has 7 nitrogen and oxygen atoms in total. The molecule has 1 atom stereocenters. The molecular formula is C28H37N3O4. The lowest BCUT2D eigenvalue weighted by atomic mass is 10.0. The van der Waals surface area contributed by atoms with Crippen LogP contribution in [-0.4, -0.2) is 62.0 Å². The highest BCUT2D eigenvalue weighted by Crippen LogP contribution is 2.28. The summed E-state index contributed by atoms with van der Waals surface area (Å²) in [5, 5.41) is 3.09. The molecule has 2 aliphatic heterocycles. The summed E-state index contributed by atoms with van der Waals surface area (Å²) in [5.41, 5.74) is 3.49. The summed E-state index contributed by atoms with van der Waals surface area (Å²) in [7, 11) is 3.22. The van der Waals surface area contributed by atoms with Crippen molar-refractivity contribution in [1.82, 2.24) is 15.1 Å². The Morgan fingerprint density at radius 1 is 1.00 bits per heavy atom. The fourth-order valence-electron chi connectivity index (χ4n) is 5.03. The van der Waals surface area contributed by atoms with Gasteiger partial charge >= 0.3 is 0 Å². The van der Waals surface area contributed by atoms with Gasteiger partial charge in [-0.25, -0.2) is 0 Å². The summed E-state index contributed by atoms with van der Waals surface area (Å²) in [6.07, 6.45) is 4.81. The third-order valence-electron chi connectivity index (χ3n) is 7.12. The van der Waals surface area contributed by atoms with Gasteiger partial charge in [0, 0.05) is 32.6 Å². The van der Waals surface area contributed by atoms with Crippen LogP contribution in [0.25, 0.3) is 0 Å². The van der Waals surface area contributed by atoms with E-state index in [4.69, 9.17) is 9.47 Å². The van der Waals surface area contributed by atoms with Gasteiger partial charge in [0.15, 0.2) is 11.5 Å². The van der Waals surface area contributed by atoms with Gasteiger partial charge in [-0.3, -0.25) is 14.5 Å². The number of benzene rings is 2. The van der Waals surface area contributed by atoms with E-state index in [2.05, 4.69) is 28.4 Å². The van der Waals surface area contributed by atoms with Crippen molar-refractivity contribution in [2.75, 3.05) is 40.4 Å². The number of hydrogen-bond donors (Lipinski definition) is 1. The summed E-state index contributed by atoms with van der Waals surface area (Å²) >= 11 is 0. The van der Waals surface area contributed by atoms with Gasteiger partial charge in [-0.15, -0.1) is 0 Å². The van der Waals surface area contributed by atoms with E-state index in [0.29, 0.717) is 37.6 Å².